The van der Waals surface area contributed by atoms with Gasteiger partial charge in [0.2, 0.25) is 5.91 Å². The molecule has 1 amide bonds. The van der Waals surface area contributed by atoms with E-state index in [0.717, 1.165) is 24.2 Å². The summed E-state index contributed by atoms with van der Waals surface area (Å²) >= 11 is 1.10. The molecule has 3 rings (SSSR count). The Balaban J connectivity index is 1.91. The van der Waals surface area contributed by atoms with E-state index in [1.807, 2.05) is 0 Å². The van der Waals surface area contributed by atoms with E-state index in [2.05, 4.69) is 4.98 Å². The summed E-state index contributed by atoms with van der Waals surface area (Å²) < 4.78 is 4.75. The van der Waals surface area contributed by atoms with Gasteiger partial charge in [-0.05, 0) is 12.8 Å². The summed E-state index contributed by atoms with van der Waals surface area (Å²) in [6, 6.07) is 0. The Morgan fingerprint density at radius 1 is 1.43 bits per heavy atom. The van der Waals surface area contributed by atoms with Gasteiger partial charge in [-0.1, -0.05) is 11.3 Å². The van der Waals surface area contributed by atoms with E-state index < -0.39 is 17.9 Å². The van der Waals surface area contributed by atoms with E-state index >= 15 is 0 Å². The topological polar surface area (TPSA) is 96.8 Å². The number of hydrogen-bond donors (Lipinski definition) is 1. The molecule has 1 atom stereocenters. The summed E-state index contributed by atoms with van der Waals surface area (Å²) in [6.07, 6.45) is 1.92. The number of anilines is 1. The first kappa shape index (κ1) is 14.0. The highest BCUT2D eigenvalue weighted by Gasteiger charge is 2.39. The molecule has 0 radical (unpaired) electrons. The van der Waals surface area contributed by atoms with Crippen molar-refractivity contribution >= 4 is 34.3 Å². The number of carboxylic acids is 1. The lowest BCUT2D eigenvalue weighted by atomic mass is 10.1. The number of carboxylic acid groups (broad SMARTS) is 1. The zero-order valence-electron chi connectivity index (χ0n) is 11.4. The van der Waals surface area contributed by atoms with Crippen LogP contribution in [0.15, 0.2) is 0 Å². The fourth-order valence-electron chi connectivity index (χ4n) is 2.37. The zero-order valence-corrected chi connectivity index (χ0v) is 12.2. The predicted octanol–water partition coefficient (Wildman–Crippen LogP) is 1.24. The maximum Gasteiger partial charge on any atom is 0.350 e. The molecule has 1 aliphatic heterocycles. The second-order valence-corrected chi connectivity index (χ2v) is 6.20. The van der Waals surface area contributed by atoms with E-state index in [4.69, 9.17) is 9.84 Å². The SMILES string of the molecule is COC(=O)c1sc(N2CC(C(=O)O)CC2=O)nc1C1CC1. The second-order valence-electron chi connectivity index (χ2n) is 5.22. The molecule has 0 bridgehead atoms. The number of carbonyl (C=O) groups excluding carboxylic acids is 2. The normalized spacial score (nSPS) is 21.7. The van der Waals surface area contributed by atoms with Crippen molar-refractivity contribution in [1.29, 1.82) is 0 Å². The molecule has 2 aliphatic rings. The van der Waals surface area contributed by atoms with Crippen LogP contribution in [0, 0.1) is 5.92 Å². The molecule has 1 saturated carbocycles. The molecule has 2 fully saturated rings. The number of ether oxygens (including phenoxy) is 1. The molecule has 1 aromatic heterocycles. The van der Waals surface area contributed by atoms with Crippen LogP contribution in [-0.4, -0.2) is 41.6 Å². The lowest BCUT2D eigenvalue weighted by Crippen LogP contribution is -2.25. The number of methoxy groups -OCH3 is 1. The van der Waals surface area contributed by atoms with Crippen LogP contribution in [0.25, 0.3) is 0 Å². The third-order valence-corrected chi connectivity index (χ3v) is 4.76. The van der Waals surface area contributed by atoms with Gasteiger partial charge in [-0.3, -0.25) is 14.5 Å². The number of amides is 1. The van der Waals surface area contributed by atoms with Crippen molar-refractivity contribution in [1.82, 2.24) is 4.98 Å². The van der Waals surface area contributed by atoms with Crippen LogP contribution in [0.2, 0.25) is 0 Å². The van der Waals surface area contributed by atoms with Gasteiger partial charge in [0.05, 0.1) is 18.7 Å². The van der Waals surface area contributed by atoms with E-state index in [-0.39, 0.29) is 24.8 Å². The Morgan fingerprint density at radius 2 is 2.14 bits per heavy atom. The number of carbonyl (C=O) groups is 3. The van der Waals surface area contributed by atoms with Crippen LogP contribution in [0.3, 0.4) is 0 Å². The number of aliphatic carboxylic acids is 1. The monoisotopic (exact) mass is 310 g/mol. The summed E-state index contributed by atoms with van der Waals surface area (Å²) in [6.45, 7) is 0.104. The van der Waals surface area contributed by atoms with Crippen molar-refractivity contribution in [3.8, 4) is 0 Å². The second kappa shape index (κ2) is 5.10. The first-order valence-electron chi connectivity index (χ1n) is 6.63. The van der Waals surface area contributed by atoms with Crippen LogP contribution >= 0.6 is 11.3 Å². The van der Waals surface area contributed by atoms with Crippen LogP contribution in [0.5, 0.6) is 0 Å². The maximum absolute atomic E-state index is 11.9. The van der Waals surface area contributed by atoms with Gasteiger partial charge >= 0.3 is 11.9 Å². The standard InChI is InChI=1S/C13H14N2O5S/c1-20-12(19)10-9(6-2-3-6)14-13(21-10)15-5-7(11(17)18)4-8(15)16/h6-7H,2-5H2,1H3,(H,17,18). The fourth-order valence-corrected chi connectivity index (χ4v) is 3.46. The molecule has 1 saturated heterocycles. The lowest BCUT2D eigenvalue weighted by molar-refractivity contribution is -0.141. The smallest absolute Gasteiger partial charge is 0.350 e. The molecular formula is C13H14N2O5S. The molecule has 112 valence electrons. The molecule has 0 aromatic carbocycles. The molecular weight excluding hydrogens is 296 g/mol. The molecule has 0 spiro atoms. The van der Waals surface area contributed by atoms with Crippen molar-refractivity contribution < 1.29 is 24.2 Å². The number of rotatable bonds is 4. The Labute approximate surface area is 124 Å². The number of aromatic nitrogens is 1. The number of thiazole rings is 1. The lowest BCUT2D eigenvalue weighted by Gasteiger charge is -2.11. The quantitative estimate of drug-likeness (QED) is 0.841. The third kappa shape index (κ3) is 2.51. The highest BCUT2D eigenvalue weighted by atomic mass is 32.1. The summed E-state index contributed by atoms with van der Waals surface area (Å²) in [5.41, 5.74) is 0.674. The van der Waals surface area contributed by atoms with E-state index in [9.17, 15) is 14.4 Å². The Kier molecular flexibility index (Phi) is 3.40. The molecule has 1 N–H and O–H groups in total. The molecule has 7 nitrogen and oxygen atoms in total. The molecule has 21 heavy (non-hydrogen) atoms. The van der Waals surface area contributed by atoms with Gasteiger partial charge in [-0.2, -0.15) is 0 Å². The first-order valence-corrected chi connectivity index (χ1v) is 7.45. The van der Waals surface area contributed by atoms with Gasteiger partial charge in [0, 0.05) is 18.9 Å². The van der Waals surface area contributed by atoms with Gasteiger partial charge in [0.15, 0.2) is 5.13 Å². The zero-order chi connectivity index (χ0) is 15.1. The van der Waals surface area contributed by atoms with Crippen LogP contribution in [0.1, 0.15) is 40.5 Å². The number of nitrogens with zero attached hydrogens (tertiary/aromatic N) is 2. The molecule has 1 aromatic rings. The van der Waals surface area contributed by atoms with Gasteiger partial charge in [-0.25, -0.2) is 9.78 Å². The summed E-state index contributed by atoms with van der Waals surface area (Å²) in [7, 11) is 1.31. The van der Waals surface area contributed by atoms with Crippen molar-refractivity contribution in [3.05, 3.63) is 10.6 Å². The first-order chi connectivity index (χ1) is 10.0. The summed E-state index contributed by atoms with van der Waals surface area (Å²) in [5, 5.41) is 9.40. The van der Waals surface area contributed by atoms with Crippen molar-refractivity contribution in [2.24, 2.45) is 5.92 Å². The van der Waals surface area contributed by atoms with E-state index in [1.54, 1.807) is 0 Å². The minimum absolute atomic E-state index is 0.0266. The molecule has 1 unspecified atom stereocenters. The molecule has 2 heterocycles. The third-order valence-electron chi connectivity index (χ3n) is 3.68. The maximum atomic E-state index is 11.9. The van der Waals surface area contributed by atoms with Gasteiger partial charge in [0.25, 0.3) is 0 Å². The van der Waals surface area contributed by atoms with E-state index in [0.29, 0.717) is 15.7 Å². The van der Waals surface area contributed by atoms with Crippen LogP contribution in [0.4, 0.5) is 5.13 Å². The van der Waals surface area contributed by atoms with Gasteiger partial charge < -0.3 is 9.84 Å². The summed E-state index contributed by atoms with van der Waals surface area (Å²) in [4.78, 5) is 40.9. The summed E-state index contributed by atoms with van der Waals surface area (Å²) in [5.74, 6) is -2.18. The average molecular weight is 310 g/mol. The van der Waals surface area contributed by atoms with Crippen LogP contribution < -0.4 is 4.90 Å². The predicted molar refractivity (Wildman–Crippen MR) is 73.5 cm³/mol. The largest absolute Gasteiger partial charge is 0.481 e. The minimum Gasteiger partial charge on any atom is -0.481 e. The molecule has 8 heteroatoms. The Hall–Kier alpha value is -1.96. The van der Waals surface area contributed by atoms with Crippen molar-refractivity contribution in [2.75, 3.05) is 18.6 Å². The molecule has 1 aliphatic carbocycles. The van der Waals surface area contributed by atoms with Gasteiger partial charge in [0.1, 0.15) is 4.88 Å². The average Bonchev–Trinajstić information content (AvgIpc) is 3.08. The number of esters is 1. The fraction of sp³-hybridized carbons (Fsp3) is 0.538. The Morgan fingerprint density at radius 3 is 2.67 bits per heavy atom. The van der Waals surface area contributed by atoms with Crippen molar-refractivity contribution in [2.45, 2.75) is 25.2 Å². The Bertz CT molecular complexity index is 622. The number of hydrogen-bond acceptors (Lipinski definition) is 6. The van der Waals surface area contributed by atoms with Gasteiger partial charge in [-0.15, -0.1) is 0 Å². The van der Waals surface area contributed by atoms with Crippen LogP contribution in [-0.2, 0) is 14.3 Å². The highest BCUT2D eigenvalue weighted by Crippen LogP contribution is 2.45. The minimum atomic E-state index is -0.988. The highest BCUT2D eigenvalue weighted by molar-refractivity contribution is 7.17. The van der Waals surface area contributed by atoms with Crippen molar-refractivity contribution in [3.63, 3.8) is 0 Å². The van der Waals surface area contributed by atoms with E-state index in [1.165, 1.54) is 12.0 Å².